The largest absolute Gasteiger partial charge is 0.354 e. The molecule has 0 radical (unpaired) electrons. The molecule has 4 heteroatoms. The fraction of sp³-hybridized carbons (Fsp3) is 0. The van der Waals surface area contributed by atoms with E-state index in [1.165, 1.54) is 101 Å². The Morgan fingerprint density at radius 3 is 1.72 bits per heavy atom. The molecular weight excluding hydrogens is 597 g/mol. The van der Waals surface area contributed by atoms with Gasteiger partial charge in [0.15, 0.2) is 0 Å². The summed E-state index contributed by atoms with van der Waals surface area (Å²) in [6.45, 7) is 0. The Hall–Kier alpha value is -5.42. The van der Waals surface area contributed by atoms with Crippen LogP contribution in [0.15, 0.2) is 140 Å². The minimum Gasteiger partial charge on any atom is -0.354 e. The minimum absolute atomic E-state index is 1.18. The summed E-state index contributed by atoms with van der Waals surface area (Å²) in [5.74, 6) is 0. The number of fused-ring (bicyclic) bond motifs is 12. The number of aromatic nitrogens is 2. The van der Waals surface area contributed by atoms with E-state index in [1.807, 2.05) is 22.7 Å². The lowest BCUT2D eigenvalue weighted by Gasteiger charge is -2.08. The Bertz CT molecular complexity index is 3020. The lowest BCUT2D eigenvalue weighted by molar-refractivity contribution is 1.18. The molecule has 0 bridgehead atoms. The highest BCUT2D eigenvalue weighted by molar-refractivity contribution is 7.26. The number of thiophene rings is 2. The average molecular weight is 621 g/mol. The molecule has 0 saturated carbocycles. The van der Waals surface area contributed by atoms with Crippen LogP contribution in [0.1, 0.15) is 0 Å². The van der Waals surface area contributed by atoms with Gasteiger partial charge in [-0.2, -0.15) is 0 Å². The van der Waals surface area contributed by atoms with Gasteiger partial charge in [-0.3, -0.25) is 0 Å². The number of para-hydroxylation sites is 1. The van der Waals surface area contributed by atoms with Crippen LogP contribution >= 0.6 is 22.7 Å². The molecule has 1 N–H and O–H groups in total. The number of hydrogen-bond acceptors (Lipinski definition) is 2. The molecule has 0 spiro atoms. The number of benzene rings is 7. The Kier molecular flexibility index (Phi) is 4.90. The molecule has 0 saturated heterocycles. The van der Waals surface area contributed by atoms with Crippen LogP contribution in [0.2, 0.25) is 0 Å². The minimum atomic E-state index is 1.18. The summed E-state index contributed by atoms with van der Waals surface area (Å²) < 4.78 is 7.75. The maximum absolute atomic E-state index is 3.70. The predicted octanol–water partition coefficient (Wildman–Crippen LogP) is 12.8. The van der Waals surface area contributed by atoms with Gasteiger partial charge in [0.1, 0.15) is 0 Å². The maximum Gasteiger partial charge on any atom is 0.0555 e. The van der Waals surface area contributed by atoms with E-state index in [4.69, 9.17) is 0 Å². The van der Waals surface area contributed by atoms with Gasteiger partial charge in [0.05, 0.1) is 11.0 Å². The Morgan fingerprint density at radius 1 is 0.370 bits per heavy atom. The first-order valence-corrected chi connectivity index (χ1v) is 17.2. The highest BCUT2D eigenvalue weighted by Crippen LogP contribution is 2.43. The van der Waals surface area contributed by atoms with Gasteiger partial charge < -0.3 is 9.55 Å². The number of nitrogens with one attached hydrogen (secondary N) is 1. The highest BCUT2D eigenvalue weighted by Gasteiger charge is 2.17. The zero-order valence-electron chi connectivity index (χ0n) is 24.5. The molecule has 4 heterocycles. The molecule has 11 aromatic rings. The monoisotopic (exact) mass is 620 g/mol. The van der Waals surface area contributed by atoms with Crippen molar-refractivity contribution in [2.75, 3.05) is 0 Å². The van der Waals surface area contributed by atoms with Crippen LogP contribution in [-0.2, 0) is 0 Å². The van der Waals surface area contributed by atoms with Crippen LogP contribution in [0, 0.1) is 0 Å². The number of rotatable bonds is 2. The van der Waals surface area contributed by atoms with Gasteiger partial charge in [0.25, 0.3) is 0 Å². The zero-order chi connectivity index (χ0) is 29.9. The van der Waals surface area contributed by atoms with Crippen molar-refractivity contribution in [3.63, 3.8) is 0 Å². The van der Waals surface area contributed by atoms with Crippen molar-refractivity contribution in [3.8, 4) is 16.8 Å². The second-order valence-electron chi connectivity index (χ2n) is 12.2. The molecule has 214 valence electrons. The SMILES string of the molecule is c1ccc(-n2c3ccc(-c4ccc5[nH]c6cc7sc8ccccc8c7cc6c5c4)cc3c3cc4c(cc32)sc2ccccc24)cc1. The van der Waals surface area contributed by atoms with Crippen molar-refractivity contribution in [2.45, 2.75) is 0 Å². The second-order valence-corrected chi connectivity index (χ2v) is 14.4. The molecule has 4 aromatic heterocycles. The number of nitrogens with zero attached hydrogens (tertiary/aromatic N) is 1. The second kappa shape index (κ2) is 9.07. The van der Waals surface area contributed by atoms with Crippen molar-refractivity contribution in [1.29, 1.82) is 0 Å². The Morgan fingerprint density at radius 2 is 0.957 bits per heavy atom. The molecule has 0 fully saturated rings. The van der Waals surface area contributed by atoms with Gasteiger partial charge in [-0.25, -0.2) is 0 Å². The first-order chi connectivity index (χ1) is 22.8. The lowest BCUT2D eigenvalue weighted by Crippen LogP contribution is -1.92. The summed E-state index contributed by atoms with van der Waals surface area (Å²) in [5, 5.41) is 10.4. The van der Waals surface area contributed by atoms with Crippen LogP contribution in [0.4, 0.5) is 0 Å². The van der Waals surface area contributed by atoms with E-state index in [0.717, 1.165) is 0 Å². The number of H-pyrrole nitrogens is 1. The maximum atomic E-state index is 3.70. The molecule has 11 rings (SSSR count). The highest BCUT2D eigenvalue weighted by atomic mass is 32.1. The standard InChI is InChI=1S/C42H24N2S2/c1-2-8-26(9-3-1)44-37-17-15-25(19-31(37)32-21-34-28-11-5-7-13-40(28)46-42(34)23-38(32)44)24-14-16-35-29(18-24)30-20-33-27-10-4-6-12-39(27)45-41(33)22-36(30)43-35/h1-23,43H. The fourth-order valence-corrected chi connectivity index (χ4v) is 9.82. The van der Waals surface area contributed by atoms with Crippen LogP contribution in [-0.4, -0.2) is 9.55 Å². The normalized spacial score (nSPS) is 12.3. The van der Waals surface area contributed by atoms with E-state index >= 15 is 0 Å². The van der Waals surface area contributed by atoms with E-state index in [2.05, 4.69) is 149 Å². The molecule has 0 aliphatic rings. The van der Waals surface area contributed by atoms with E-state index in [0.29, 0.717) is 0 Å². The smallest absolute Gasteiger partial charge is 0.0555 e. The van der Waals surface area contributed by atoms with Gasteiger partial charge in [-0.05, 0) is 83.9 Å². The topological polar surface area (TPSA) is 20.7 Å². The molecule has 2 nitrogen and oxygen atoms in total. The van der Waals surface area contributed by atoms with Gasteiger partial charge in [0.2, 0.25) is 0 Å². The third-order valence-electron chi connectivity index (χ3n) is 9.71. The molecule has 0 aliphatic carbocycles. The average Bonchev–Trinajstić information content (AvgIpc) is 3.84. The third kappa shape index (κ3) is 3.40. The first-order valence-electron chi connectivity index (χ1n) is 15.6. The van der Waals surface area contributed by atoms with Gasteiger partial charge in [0, 0.05) is 78.6 Å². The summed E-state index contributed by atoms with van der Waals surface area (Å²) in [7, 11) is 0. The van der Waals surface area contributed by atoms with Crippen LogP contribution < -0.4 is 0 Å². The molecule has 46 heavy (non-hydrogen) atoms. The molecule has 7 aromatic carbocycles. The fourth-order valence-electron chi connectivity index (χ4n) is 7.57. The van der Waals surface area contributed by atoms with E-state index in [-0.39, 0.29) is 0 Å². The third-order valence-corrected chi connectivity index (χ3v) is 12.0. The Labute approximate surface area is 271 Å². The summed E-state index contributed by atoms with van der Waals surface area (Å²) >= 11 is 3.75. The summed E-state index contributed by atoms with van der Waals surface area (Å²) in [4.78, 5) is 3.70. The van der Waals surface area contributed by atoms with Crippen molar-refractivity contribution < 1.29 is 0 Å². The van der Waals surface area contributed by atoms with Crippen LogP contribution in [0.25, 0.3) is 101 Å². The first kappa shape index (κ1) is 24.8. The number of hydrogen-bond donors (Lipinski definition) is 1. The van der Waals surface area contributed by atoms with Crippen molar-refractivity contribution in [2.24, 2.45) is 0 Å². The van der Waals surface area contributed by atoms with E-state index in [9.17, 15) is 0 Å². The lowest BCUT2D eigenvalue weighted by atomic mass is 10.00. The van der Waals surface area contributed by atoms with E-state index in [1.54, 1.807) is 0 Å². The van der Waals surface area contributed by atoms with Gasteiger partial charge in [-0.1, -0.05) is 66.7 Å². The van der Waals surface area contributed by atoms with Crippen molar-refractivity contribution >= 4 is 107 Å². The zero-order valence-corrected chi connectivity index (χ0v) is 26.2. The van der Waals surface area contributed by atoms with Crippen molar-refractivity contribution in [1.82, 2.24) is 9.55 Å². The molecule has 0 aliphatic heterocycles. The summed E-state index contributed by atoms with van der Waals surface area (Å²) in [6, 6.07) is 51.7. The Balaban J connectivity index is 1.16. The molecule has 0 atom stereocenters. The van der Waals surface area contributed by atoms with Crippen LogP contribution in [0.3, 0.4) is 0 Å². The van der Waals surface area contributed by atoms with Crippen molar-refractivity contribution in [3.05, 3.63) is 140 Å². The van der Waals surface area contributed by atoms with Gasteiger partial charge in [-0.15, -0.1) is 22.7 Å². The summed E-state index contributed by atoms with van der Waals surface area (Å²) in [6.07, 6.45) is 0. The predicted molar refractivity (Wildman–Crippen MR) is 201 cm³/mol. The molecule has 0 unspecified atom stereocenters. The van der Waals surface area contributed by atoms with Crippen LogP contribution in [0.5, 0.6) is 0 Å². The molecular formula is C42H24N2S2. The quantitative estimate of drug-likeness (QED) is 0.198. The molecule has 0 amide bonds. The summed E-state index contributed by atoms with van der Waals surface area (Å²) in [5.41, 5.74) is 8.49. The number of aromatic amines is 1. The van der Waals surface area contributed by atoms with E-state index < -0.39 is 0 Å². The van der Waals surface area contributed by atoms with Gasteiger partial charge >= 0.3 is 0 Å².